The van der Waals surface area contributed by atoms with E-state index in [0.717, 1.165) is 12.1 Å². The standard InChI is InChI=1S/C14H16F2N2O/c1-3-18(8-4-7-17)10(2)14(19)11-5-6-12(15)13(16)9-11/h5-6,9-10H,3-4,8H2,1-2H3. The average Bonchev–Trinajstić information content (AvgIpc) is 2.41. The van der Waals surface area contributed by atoms with Gasteiger partial charge in [0.25, 0.3) is 0 Å². The molecule has 19 heavy (non-hydrogen) atoms. The van der Waals surface area contributed by atoms with Crippen molar-refractivity contribution in [2.24, 2.45) is 0 Å². The lowest BCUT2D eigenvalue weighted by atomic mass is 10.0. The van der Waals surface area contributed by atoms with E-state index in [1.165, 1.54) is 6.07 Å². The number of nitrogens with zero attached hydrogens (tertiary/aromatic N) is 2. The van der Waals surface area contributed by atoms with Crippen LogP contribution in [0.5, 0.6) is 0 Å². The third kappa shape index (κ3) is 3.83. The number of nitriles is 1. The van der Waals surface area contributed by atoms with E-state index >= 15 is 0 Å². The fourth-order valence-corrected chi connectivity index (χ4v) is 1.88. The number of hydrogen-bond donors (Lipinski definition) is 0. The molecule has 0 spiro atoms. The fourth-order valence-electron chi connectivity index (χ4n) is 1.88. The molecule has 5 heteroatoms. The lowest BCUT2D eigenvalue weighted by molar-refractivity contribution is 0.0847. The van der Waals surface area contributed by atoms with Crippen molar-refractivity contribution in [1.29, 1.82) is 5.26 Å². The molecule has 0 aliphatic heterocycles. The Hall–Kier alpha value is -1.80. The summed E-state index contributed by atoms with van der Waals surface area (Å²) in [6, 6.07) is 4.68. The third-order valence-corrected chi connectivity index (χ3v) is 3.05. The number of carbonyl (C=O) groups is 1. The van der Waals surface area contributed by atoms with Gasteiger partial charge in [-0.25, -0.2) is 8.78 Å². The number of halogens is 2. The molecule has 3 nitrogen and oxygen atoms in total. The lowest BCUT2D eigenvalue weighted by Crippen LogP contribution is -2.39. The van der Waals surface area contributed by atoms with Crippen molar-refractivity contribution >= 4 is 5.78 Å². The third-order valence-electron chi connectivity index (χ3n) is 3.05. The summed E-state index contributed by atoms with van der Waals surface area (Å²) in [6.45, 7) is 4.67. The topological polar surface area (TPSA) is 44.1 Å². The van der Waals surface area contributed by atoms with Crippen LogP contribution in [-0.4, -0.2) is 29.8 Å². The minimum Gasteiger partial charge on any atom is -0.293 e. The van der Waals surface area contributed by atoms with E-state index < -0.39 is 17.7 Å². The molecule has 0 heterocycles. The maximum absolute atomic E-state index is 13.1. The SMILES string of the molecule is CCN(CCC#N)C(C)C(=O)c1ccc(F)c(F)c1. The molecule has 0 bridgehead atoms. The summed E-state index contributed by atoms with van der Waals surface area (Å²) in [5, 5.41) is 8.56. The molecule has 0 N–H and O–H groups in total. The Kier molecular flexibility index (Phi) is 5.58. The second-order valence-corrected chi connectivity index (χ2v) is 4.21. The van der Waals surface area contributed by atoms with Crippen LogP contribution in [0.2, 0.25) is 0 Å². The molecule has 102 valence electrons. The molecular weight excluding hydrogens is 250 g/mol. The maximum Gasteiger partial charge on any atom is 0.179 e. The minimum atomic E-state index is -1.03. The van der Waals surface area contributed by atoms with E-state index in [2.05, 4.69) is 0 Å². The number of ketones is 1. The molecule has 0 fully saturated rings. The molecule has 1 atom stereocenters. The van der Waals surface area contributed by atoms with Crippen LogP contribution in [-0.2, 0) is 0 Å². The highest BCUT2D eigenvalue weighted by atomic mass is 19.2. The number of likely N-dealkylation sites (N-methyl/N-ethyl adjacent to an activating group) is 1. The van der Waals surface area contributed by atoms with Gasteiger partial charge in [0.1, 0.15) is 0 Å². The largest absolute Gasteiger partial charge is 0.293 e. The molecule has 0 amide bonds. The van der Waals surface area contributed by atoms with Crippen LogP contribution in [0.1, 0.15) is 30.6 Å². The average molecular weight is 266 g/mol. The zero-order valence-corrected chi connectivity index (χ0v) is 11.0. The normalized spacial score (nSPS) is 12.2. The quantitative estimate of drug-likeness (QED) is 0.744. The van der Waals surface area contributed by atoms with Crippen molar-refractivity contribution in [3.63, 3.8) is 0 Å². The fraction of sp³-hybridized carbons (Fsp3) is 0.429. The Morgan fingerprint density at radius 2 is 2.11 bits per heavy atom. The van der Waals surface area contributed by atoms with E-state index in [-0.39, 0.29) is 11.3 Å². The number of rotatable bonds is 6. The van der Waals surface area contributed by atoms with Crippen LogP contribution >= 0.6 is 0 Å². The van der Waals surface area contributed by atoms with Crippen molar-refractivity contribution in [3.8, 4) is 6.07 Å². The molecule has 1 aromatic rings. The van der Waals surface area contributed by atoms with Crippen LogP contribution in [0, 0.1) is 23.0 Å². The Morgan fingerprint density at radius 1 is 1.42 bits per heavy atom. The second kappa shape index (κ2) is 6.95. The molecule has 0 radical (unpaired) electrons. The predicted octanol–water partition coefficient (Wildman–Crippen LogP) is 2.77. The van der Waals surface area contributed by atoms with Gasteiger partial charge in [-0.05, 0) is 31.7 Å². The highest BCUT2D eigenvalue weighted by molar-refractivity contribution is 5.99. The smallest absolute Gasteiger partial charge is 0.179 e. The van der Waals surface area contributed by atoms with E-state index in [1.807, 2.05) is 17.9 Å². The summed E-state index contributed by atoms with van der Waals surface area (Å²) in [6.07, 6.45) is 0.323. The zero-order chi connectivity index (χ0) is 14.4. The zero-order valence-electron chi connectivity index (χ0n) is 11.0. The van der Waals surface area contributed by atoms with Crippen LogP contribution < -0.4 is 0 Å². The van der Waals surface area contributed by atoms with Crippen LogP contribution in [0.3, 0.4) is 0 Å². The first-order valence-electron chi connectivity index (χ1n) is 6.11. The van der Waals surface area contributed by atoms with Crippen molar-refractivity contribution in [2.45, 2.75) is 26.3 Å². The summed E-state index contributed by atoms with van der Waals surface area (Å²) in [4.78, 5) is 14.0. The van der Waals surface area contributed by atoms with Gasteiger partial charge in [-0.1, -0.05) is 6.92 Å². The highest BCUT2D eigenvalue weighted by Crippen LogP contribution is 2.13. The van der Waals surface area contributed by atoms with Gasteiger partial charge in [0, 0.05) is 18.5 Å². The molecule has 0 saturated heterocycles. The van der Waals surface area contributed by atoms with Crippen LogP contribution in [0.25, 0.3) is 0 Å². The summed E-state index contributed by atoms with van der Waals surface area (Å²) in [5.41, 5.74) is 0.141. The predicted molar refractivity (Wildman–Crippen MR) is 67.6 cm³/mol. The molecule has 0 aromatic heterocycles. The molecule has 0 saturated carbocycles. The molecule has 0 aliphatic rings. The number of benzene rings is 1. The lowest BCUT2D eigenvalue weighted by Gasteiger charge is -2.25. The van der Waals surface area contributed by atoms with E-state index in [4.69, 9.17) is 5.26 Å². The van der Waals surface area contributed by atoms with Gasteiger partial charge < -0.3 is 0 Å². The first-order valence-corrected chi connectivity index (χ1v) is 6.11. The Bertz CT molecular complexity index is 497. The van der Waals surface area contributed by atoms with E-state index in [1.54, 1.807) is 6.92 Å². The highest BCUT2D eigenvalue weighted by Gasteiger charge is 2.21. The number of hydrogen-bond acceptors (Lipinski definition) is 3. The van der Waals surface area contributed by atoms with Gasteiger partial charge in [0.05, 0.1) is 12.1 Å². The first kappa shape index (κ1) is 15.3. The van der Waals surface area contributed by atoms with Crippen molar-refractivity contribution < 1.29 is 13.6 Å². The van der Waals surface area contributed by atoms with Gasteiger partial charge in [-0.2, -0.15) is 5.26 Å². The molecular formula is C14H16F2N2O. The second-order valence-electron chi connectivity index (χ2n) is 4.21. The van der Waals surface area contributed by atoms with Crippen molar-refractivity contribution in [1.82, 2.24) is 4.90 Å². The van der Waals surface area contributed by atoms with Gasteiger partial charge in [-0.15, -0.1) is 0 Å². The molecule has 1 rings (SSSR count). The summed E-state index contributed by atoms with van der Waals surface area (Å²) in [7, 11) is 0. The maximum atomic E-state index is 13.1. The number of carbonyl (C=O) groups excluding carboxylic acids is 1. The molecule has 1 aromatic carbocycles. The Labute approximate surface area is 111 Å². The van der Waals surface area contributed by atoms with E-state index in [9.17, 15) is 13.6 Å². The Morgan fingerprint density at radius 3 is 2.63 bits per heavy atom. The molecule has 1 unspecified atom stereocenters. The molecule has 0 aliphatic carbocycles. The van der Waals surface area contributed by atoms with Crippen molar-refractivity contribution in [2.75, 3.05) is 13.1 Å². The summed E-state index contributed by atoms with van der Waals surface area (Å²) in [5.74, 6) is -2.28. The van der Waals surface area contributed by atoms with Gasteiger partial charge in [0.15, 0.2) is 17.4 Å². The van der Waals surface area contributed by atoms with Gasteiger partial charge in [0.2, 0.25) is 0 Å². The van der Waals surface area contributed by atoms with Gasteiger partial charge in [-0.3, -0.25) is 9.69 Å². The summed E-state index contributed by atoms with van der Waals surface area (Å²) >= 11 is 0. The van der Waals surface area contributed by atoms with E-state index in [0.29, 0.717) is 19.5 Å². The summed E-state index contributed by atoms with van der Waals surface area (Å²) < 4.78 is 25.9. The van der Waals surface area contributed by atoms with Crippen LogP contribution in [0.15, 0.2) is 18.2 Å². The monoisotopic (exact) mass is 266 g/mol. The minimum absolute atomic E-state index is 0.141. The van der Waals surface area contributed by atoms with Gasteiger partial charge >= 0.3 is 0 Å². The van der Waals surface area contributed by atoms with Crippen molar-refractivity contribution in [3.05, 3.63) is 35.4 Å². The van der Waals surface area contributed by atoms with Crippen LogP contribution in [0.4, 0.5) is 8.78 Å². The Balaban J connectivity index is 2.85. The first-order chi connectivity index (χ1) is 9.01. The number of Topliss-reactive ketones (excluding diaryl/α,β-unsaturated/α-hetero) is 1.